The van der Waals surface area contributed by atoms with Crippen LogP contribution in [0.4, 0.5) is 5.69 Å². The van der Waals surface area contributed by atoms with E-state index in [0.717, 1.165) is 74.3 Å². The largest absolute Gasteiger partial charge is 0.492 e. The molecule has 6 heteroatoms. The Balaban J connectivity index is 1.15. The van der Waals surface area contributed by atoms with E-state index in [1.165, 1.54) is 0 Å². The third-order valence-electron chi connectivity index (χ3n) is 5.06. The molecule has 0 bridgehead atoms. The van der Waals surface area contributed by atoms with Crippen LogP contribution >= 0.6 is 11.6 Å². The lowest BCUT2D eigenvalue weighted by Crippen LogP contribution is -2.46. The Morgan fingerprint density at radius 1 is 1.00 bits per heavy atom. The molecule has 142 valence electrons. The van der Waals surface area contributed by atoms with Gasteiger partial charge in [-0.25, -0.2) is 4.98 Å². The Kier molecular flexibility index (Phi) is 5.80. The van der Waals surface area contributed by atoms with E-state index in [2.05, 4.69) is 26.9 Å². The first kappa shape index (κ1) is 18.1. The molecular formula is C21H25ClN4O. The molecule has 3 heterocycles. The molecular weight excluding hydrogens is 360 g/mol. The van der Waals surface area contributed by atoms with Gasteiger partial charge in [0.15, 0.2) is 0 Å². The molecule has 4 rings (SSSR count). The number of nitrogens with zero attached hydrogens (tertiary/aromatic N) is 4. The standard InChI is InChI=1S/C21H25ClN4O/c22-19-5-1-2-6-20(19)25-14-12-24(13-15-25)10-3-4-16-27-18-7-8-21-23-9-11-26(21)17-18/h1-2,5-9,11,17H,3-4,10,12-16H2. The molecule has 0 saturated carbocycles. The number of imidazole rings is 1. The van der Waals surface area contributed by atoms with Gasteiger partial charge in [-0.05, 0) is 43.7 Å². The molecule has 0 N–H and O–H groups in total. The Bertz CT molecular complexity index is 873. The van der Waals surface area contributed by atoms with Crippen LogP contribution in [0.2, 0.25) is 5.02 Å². The molecule has 0 spiro atoms. The molecule has 1 saturated heterocycles. The van der Waals surface area contributed by atoms with Crippen LogP contribution in [0.5, 0.6) is 5.75 Å². The van der Waals surface area contributed by atoms with Gasteiger partial charge in [-0.1, -0.05) is 23.7 Å². The van der Waals surface area contributed by atoms with Crippen LogP contribution in [0, 0.1) is 0 Å². The molecule has 0 amide bonds. The predicted octanol–water partition coefficient (Wildman–Crippen LogP) is 3.97. The zero-order valence-corrected chi connectivity index (χ0v) is 16.2. The zero-order chi connectivity index (χ0) is 18.5. The SMILES string of the molecule is Clc1ccccc1N1CCN(CCCCOc2ccc3nccn3c2)CC1. The summed E-state index contributed by atoms with van der Waals surface area (Å²) >= 11 is 6.31. The van der Waals surface area contributed by atoms with Crippen LogP contribution in [-0.2, 0) is 0 Å². The van der Waals surface area contributed by atoms with Crippen LogP contribution < -0.4 is 9.64 Å². The van der Waals surface area contributed by atoms with Gasteiger partial charge in [-0.2, -0.15) is 0 Å². The summed E-state index contributed by atoms with van der Waals surface area (Å²) in [6.45, 7) is 6.11. The van der Waals surface area contributed by atoms with Crippen molar-refractivity contribution in [3.8, 4) is 5.75 Å². The molecule has 1 aliphatic heterocycles. The molecule has 0 atom stereocenters. The van der Waals surface area contributed by atoms with E-state index in [-0.39, 0.29) is 0 Å². The van der Waals surface area contributed by atoms with Crippen molar-refractivity contribution < 1.29 is 4.74 Å². The first-order valence-electron chi connectivity index (χ1n) is 9.57. The molecule has 0 radical (unpaired) electrons. The van der Waals surface area contributed by atoms with Gasteiger partial charge in [0, 0.05) is 38.6 Å². The quantitative estimate of drug-likeness (QED) is 0.577. The zero-order valence-electron chi connectivity index (χ0n) is 15.4. The van der Waals surface area contributed by atoms with Crippen molar-refractivity contribution in [2.24, 2.45) is 0 Å². The highest BCUT2D eigenvalue weighted by molar-refractivity contribution is 6.33. The third-order valence-corrected chi connectivity index (χ3v) is 5.38. The van der Waals surface area contributed by atoms with Gasteiger partial charge in [0.25, 0.3) is 0 Å². The fourth-order valence-corrected chi connectivity index (χ4v) is 3.79. The number of hydrogen-bond acceptors (Lipinski definition) is 4. The lowest BCUT2D eigenvalue weighted by Gasteiger charge is -2.36. The van der Waals surface area contributed by atoms with Crippen LogP contribution in [0.3, 0.4) is 0 Å². The van der Waals surface area contributed by atoms with Gasteiger partial charge in [-0.3, -0.25) is 4.90 Å². The average molecular weight is 385 g/mol. The first-order valence-corrected chi connectivity index (χ1v) is 9.95. The number of aromatic nitrogens is 2. The van der Waals surface area contributed by atoms with Crippen molar-refractivity contribution in [2.75, 3.05) is 44.2 Å². The number of anilines is 1. The molecule has 0 aliphatic carbocycles. The lowest BCUT2D eigenvalue weighted by atomic mass is 10.2. The number of pyridine rings is 1. The summed E-state index contributed by atoms with van der Waals surface area (Å²) in [6, 6.07) is 12.1. The lowest BCUT2D eigenvalue weighted by molar-refractivity contribution is 0.238. The van der Waals surface area contributed by atoms with Crippen molar-refractivity contribution in [3.63, 3.8) is 0 Å². The second-order valence-electron chi connectivity index (χ2n) is 6.89. The maximum atomic E-state index is 6.31. The van der Waals surface area contributed by atoms with E-state index in [1.807, 2.05) is 41.1 Å². The van der Waals surface area contributed by atoms with E-state index in [9.17, 15) is 0 Å². The van der Waals surface area contributed by atoms with Gasteiger partial charge in [0.1, 0.15) is 11.4 Å². The summed E-state index contributed by atoms with van der Waals surface area (Å²) in [5.74, 6) is 0.897. The van der Waals surface area contributed by atoms with Crippen molar-refractivity contribution in [2.45, 2.75) is 12.8 Å². The average Bonchev–Trinajstić information content (AvgIpc) is 3.17. The number of piperazine rings is 1. The smallest absolute Gasteiger partial charge is 0.136 e. The maximum absolute atomic E-state index is 6.31. The predicted molar refractivity (Wildman–Crippen MR) is 110 cm³/mol. The summed E-state index contributed by atoms with van der Waals surface area (Å²) in [7, 11) is 0. The van der Waals surface area contributed by atoms with Crippen molar-refractivity contribution in [3.05, 3.63) is 60.0 Å². The molecule has 1 fully saturated rings. The topological polar surface area (TPSA) is 33.0 Å². The number of benzene rings is 1. The minimum atomic E-state index is 0.750. The maximum Gasteiger partial charge on any atom is 0.136 e. The Labute approximate surface area is 165 Å². The Hall–Kier alpha value is -2.24. The van der Waals surface area contributed by atoms with E-state index in [0.29, 0.717) is 0 Å². The molecule has 0 unspecified atom stereocenters. The number of fused-ring (bicyclic) bond motifs is 1. The fourth-order valence-electron chi connectivity index (χ4n) is 3.53. The van der Waals surface area contributed by atoms with Gasteiger partial charge in [-0.15, -0.1) is 0 Å². The molecule has 3 aromatic rings. The fraction of sp³-hybridized carbons (Fsp3) is 0.381. The highest BCUT2D eigenvalue weighted by Crippen LogP contribution is 2.26. The molecule has 2 aromatic heterocycles. The summed E-state index contributed by atoms with van der Waals surface area (Å²) in [4.78, 5) is 9.16. The third kappa shape index (κ3) is 4.54. The van der Waals surface area contributed by atoms with Crippen molar-refractivity contribution in [1.29, 1.82) is 0 Å². The molecule has 1 aromatic carbocycles. The van der Waals surface area contributed by atoms with E-state index in [1.54, 1.807) is 6.20 Å². The van der Waals surface area contributed by atoms with E-state index >= 15 is 0 Å². The normalized spacial score (nSPS) is 15.4. The minimum Gasteiger partial charge on any atom is -0.492 e. The number of hydrogen-bond donors (Lipinski definition) is 0. The molecule has 27 heavy (non-hydrogen) atoms. The van der Waals surface area contributed by atoms with Crippen LogP contribution in [-0.4, -0.2) is 53.6 Å². The summed E-state index contributed by atoms with van der Waals surface area (Å²) in [5, 5.41) is 0.844. The number of rotatable bonds is 7. The van der Waals surface area contributed by atoms with Crippen LogP contribution in [0.25, 0.3) is 5.65 Å². The van der Waals surface area contributed by atoms with E-state index in [4.69, 9.17) is 16.3 Å². The van der Waals surface area contributed by atoms with Crippen molar-refractivity contribution >= 4 is 22.9 Å². The second kappa shape index (κ2) is 8.63. The van der Waals surface area contributed by atoms with Crippen LogP contribution in [0.15, 0.2) is 55.0 Å². The first-order chi connectivity index (χ1) is 13.3. The van der Waals surface area contributed by atoms with Crippen molar-refractivity contribution in [1.82, 2.24) is 14.3 Å². The Morgan fingerprint density at radius 3 is 2.70 bits per heavy atom. The molecule has 5 nitrogen and oxygen atoms in total. The highest BCUT2D eigenvalue weighted by Gasteiger charge is 2.18. The van der Waals surface area contributed by atoms with E-state index < -0.39 is 0 Å². The van der Waals surface area contributed by atoms with Gasteiger partial charge >= 0.3 is 0 Å². The Morgan fingerprint density at radius 2 is 1.85 bits per heavy atom. The monoisotopic (exact) mass is 384 g/mol. The number of unbranched alkanes of at least 4 members (excludes halogenated alkanes) is 1. The van der Waals surface area contributed by atoms with Gasteiger partial charge in [0.2, 0.25) is 0 Å². The second-order valence-corrected chi connectivity index (χ2v) is 7.30. The number of ether oxygens (including phenoxy) is 1. The summed E-state index contributed by atoms with van der Waals surface area (Å²) in [5.41, 5.74) is 2.10. The van der Waals surface area contributed by atoms with Gasteiger partial charge in [0.05, 0.1) is 23.5 Å². The summed E-state index contributed by atoms with van der Waals surface area (Å²) in [6.07, 6.45) is 7.93. The highest BCUT2D eigenvalue weighted by atomic mass is 35.5. The van der Waals surface area contributed by atoms with Crippen LogP contribution in [0.1, 0.15) is 12.8 Å². The minimum absolute atomic E-state index is 0.750. The van der Waals surface area contributed by atoms with Gasteiger partial charge < -0.3 is 14.0 Å². The molecule has 1 aliphatic rings. The summed E-state index contributed by atoms with van der Waals surface area (Å²) < 4.78 is 7.85. The number of para-hydroxylation sites is 1. The number of halogens is 1.